The Morgan fingerprint density at radius 3 is 2.25 bits per heavy atom. The minimum absolute atomic E-state index is 0.000508. The summed E-state index contributed by atoms with van der Waals surface area (Å²) in [6.45, 7) is 1.71. The zero-order valence-corrected chi connectivity index (χ0v) is 10.1. The number of ether oxygens (including phenoxy) is 1. The molecular formula is C9H16O6S. The Morgan fingerprint density at radius 2 is 1.88 bits per heavy atom. The van der Waals surface area contributed by atoms with Crippen LogP contribution in [0.15, 0.2) is 0 Å². The van der Waals surface area contributed by atoms with Gasteiger partial charge in [0.2, 0.25) is 0 Å². The van der Waals surface area contributed by atoms with Crippen LogP contribution in [-0.2, 0) is 24.2 Å². The second-order valence-electron chi connectivity index (χ2n) is 3.35. The molecule has 7 heteroatoms. The van der Waals surface area contributed by atoms with Crippen molar-refractivity contribution in [3.05, 3.63) is 0 Å². The molecular weight excluding hydrogens is 236 g/mol. The highest BCUT2D eigenvalue weighted by Crippen LogP contribution is 2.09. The summed E-state index contributed by atoms with van der Waals surface area (Å²) >= 11 is 0. The number of aliphatic carboxylic acids is 1. The predicted octanol–water partition coefficient (Wildman–Crippen LogP) is 0.0751. The lowest BCUT2D eigenvalue weighted by Crippen LogP contribution is -2.27. The summed E-state index contributed by atoms with van der Waals surface area (Å²) in [6, 6.07) is 0. The molecule has 0 spiro atoms. The molecule has 0 fully saturated rings. The first-order valence-corrected chi connectivity index (χ1v) is 6.67. The maximum atomic E-state index is 11.3. The van der Waals surface area contributed by atoms with Crippen LogP contribution in [0.3, 0.4) is 0 Å². The summed E-state index contributed by atoms with van der Waals surface area (Å²) in [5.41, 5.74) is 0. The fourth-order valence-corrected chi connectivity index (χ4v) is 2.62. The predicted molar refractivity (Wildman–Crippen MR) is 56.7 cm³/mol. The third-order valence-corrected chi connectivity index (χ3v) is 3.90. The molecule has 0 amide bonds. The number of rotatable bonds is 7. The summed E-state index contributed by atoms with van der Waals surface area (Å²) in [5, 5.41) is 8.71. The van der Waals surface area contributed by atoms with Crippen LogP contribution in [0.4, 0.5) is 0 Å². The van der Waals surface area contributed by atoms with Gasteiger partial charge in [0.15, 0.2) is 5.92 Å². The van der Waals surface area contributed by atoms with Gasteiger partial charge in [-0.15, -0.1) is 0 Å². The van der Waals surface area contributed by atoms with Crippen LogP contribution in [0.25, 0.3) is 0 Å². The topological polar surface area (TPSA) is 97.7 Å². The zero-order chi connectivity index (χ0) is 12.8. The van der Waals surface area contributed by atoms with Crippen molar-refractivity contribution < 1.29 is 27.9 Å². The number of esters is 1. The molecule has 0 aliphatic rings. The molecule has 6 nitrogen and oxygen atoms in total. The Kier molecular flexibility index (Phi) is 6.02. The molecule has 0 aromatic heterocycles. The van der Waals surface area contributed by atoms with E-state index in [1.165, 1.54) is 0 Å². The summed E-state index contributed by atoms with van der Waals surface area (Å²) < 4.78 is 26.9. The Morgan fingerprint density at radius 1 is 1.31 bits per heavy atom. The van der Waals surface area contributed by atoms with Gasteiger partial charge in [0.05, 0.1) is 12.9 Å². The number of carboxylic acids is 1. The van der Waals surface area contributed by atoms with Crippen molar-refractivity contribution in [1.29, 1.82) is 0 Å². The fourth-order valence-electron chi connectivity index (χ4n) is 1.19. The van der Waals surface area contributed by atoms with Crippen molar-refractivity contribution in [2.24, 2.45) is 5.92 Å². The van der Waals surface area contributed by atoms with Crippen LogP contribution < -0.4 is 0 Å². The number of sulfone groups is 1. The van der Waals surface area contributed by atoms with Crippen molar-refractivity contribution in [3.63, 3.8) is 0 Å². The van der Waals surface area contributed by atoms with E-state index >= 15 is 0 Å². The Hall–Kier alpha value is -1.11. The monoisotopic (exact) mass is 252 g/mol. The standard InChI is InChI=1S/C9H16O6S/c1-3-5-16(13,14)6-4-7(8(10)11)9(12)15-2/h7H,3-6H2,1-2H3,(H,10,11). The SMILES string of the molecule is CCCS(=O)(=O)CCC(C(=O)O)C(=O)OC. The number of carbonyl (C=O) groups excluding carboxylic acids is 1. The van der Waals surface area contributed by atoms with Crippen molar-refractivity contribution in [2.45, 2.75) is 19.8 Å². The maximum absolute atomic E-state index is 11.3. The molecule has 1 N–H and O–H groups in total. The molecule has 16 heavy (non-hydrogen) atoms. The lowest BCUT2D eigenvalue weighted by molar-refractivity contribution is -0.156. The first-order chi connectivity index (χ1) is 7.34. The van der Waals surface area contributed by atoms with E-state index in [-0.39, 0.29) is 17.9 Å². The van der Waals surface area contributed by atoms with Crippen LogP contribution in [0.2, 0.25) is 0 Å². The molecule has 1 atom stereocenters. The van der Waals surface area contributed by atoms with E-state index < -0.39 is 27.7 Å². The molecule has 0 saturated heterocycles. The number of carbonyl (C=O) groups is 2. The summed E-state index contributed by atoms with van der Waals surface area (Å²) in [7, 11) is -2.20. The molecule has 0 aliphatic heterocycles. The lowest BCUT2D eigenvalue weighted by Gasteiger charge is -2.09. The van der Waals surface area contributed by atoms with Gasteiger partial charge >= 0.3 is 11.9 Å². The van der Waals surface area contributed by atoms with Crippen molar-refractivity contribution in [3.8, 4) is 0 Å². The molecule has 0 bridgehead atoms. The third kappa shape index (κ3) is 5.11. The first kappa shape index (κ1) is 14.9. The van der Waals surface area contributed by atoms with Crippen LogP contribution in [0.1, 0.15) is 19.8 Å². The van der Waals surface area contributed by atoms with Gasteiger partial charge < -0.3 is 9.84 Å². The zero-order valence-electron chi connectivity index (χ0n) is 9.30. The average molecular weight is 252 g/mol. The van der Waals surface area contributed by atoms with E-state index in [4.69, 9.17) is 5.11 Å². The van der Waals surface area contributed by atoms with Gasteiger partial charge in [0.25, 0.3) is 0 Å². The summed E-state index contributed by atoms with van der Waals surface area (Å²) in [6.07, 6.45) is 0.225. The van der Waals surface area contributed by atoms with Gasteiger partial charge in [-0.2, -0.15) is 0 Å². The number of hydrogen-bond donors (Lipinski definition) is 1. The van der Waals surface area contributed by atoms with Crippen molar-refractivity contribution >= 4 is 21.8 Å². The molecule has 1 unspecified atom stereocenters. The number of hydrogen-bond acceptors (Lipinski definition) is 5. The molecule has 0 rings (SSSR count). The van der Waals surface area contributed by atoms with E-state index in [2.05, 4.69) is 4.74 Å². The van der Waals surface area contributed by atoms with Gasteiger partial charge in [-0.3, -0.25) is 9.59 Å². The summed E-state index contributed by atoms with van der Waals surface area (Å²) in [4.78, 5) is 21.7. The molecule has 0 saturated carbocycles. The van der Waals surface area contributed by atoms with Gasteiger partial charge in [-0.1, -0.05) is 6.92 Å². The molecule has 0 aliphatic carbocycles. The van der Waals surface area contributed by atoms with E-state index in [1.54, 1.807) is 6.92 Å². The minimum atomic E-state index is -3.27. The fraction of sp³-hybridized carbons (Fsp3) is 0.778. The van der Waals surface area contributed by atoms with E-state index in [0.29, 0.717) is 6.42 Å². The van der Waals surface area contributed by atoms with Gasteiger partial charge in [0.1, 0.15) is 9.84 Å². The molecule has 0 radical (unpaired) electrons. The second-order valence-corrected chi connectivity index (χ2v) is 5.66. The van der Waals surface area contributed by atoms with Crippen LogP contribution in [-0.4, -0.2) is 44.1 Å². The number of methoxy groups -OCH3 is 1. The Balaban J connectivity index is 4.45. The first-order valence-electron chi connectivity index (χ1n) is 4.85. The van der Waals surface area contributed by atoms with E-state index in [1.807, 2.05) is 0 Å². The second kappa shape index (κ2) is 6.47. The van der Waals surface area contributed by atoms with Crippen LogP contribution in [0.5, 0.6) is 0 Å². The Bertz CT molecular complexity index is 345. The minimum Gasteiger partial charge on any atom is -0.481 e. The molecule has 94 valence electrons. The van der Waals surface area contributed by atoms with Gasteiger partial charge in [-0.05, 0) is 12.8 Å². The smallest absolute Gasteiger partial charge is 0.320 e. The lowest BCUT2D eigenvalue weighted by atomic mass is 10.1. The highest BCUT2D eigenvalue weighted by atomic mass is 32.2. The van der Waals surface area contributed by atoms with Crippen molar-refractivity contribution in [1.82, 2.24) is 0 Å². The number of carboxylic acid groups (broad SMARTS) is 1. The molecule has 0 aromatic carbocycles. The van der Waals surface area contributed by atoms with Crippen molar-refractivity contribution in [2.75, 3.05) is 18.6 Å². The highest BCUT2D eigenvalue weighted by Gasteiger charge is 2.28. The van der Waals surface area contributed by atoms with Crippen LogP contribution in [0, 0.1) is 5.92 Å². The van der Waals surface area contributed by atoms with Gasteiger partial charge in [-0.25, -0.2) is 8.42 Å². The third-order valence-electron chi connectivity index (χ3n) is 2.02. The van der Waals surface area contributed by atoms with Gasteiger partial charge in [0, 0.05) is 5.75 Å². The average Bonchev–Trinajstić information content (AvgIpc) is 2.16. The highest BCUT2D eigenvalue weighted by molar-refractivity contribution is 7.91. The largest absolute Gasteiger partial charge is 0.481 e. The quantitative estimate of drug-likeness (QED) is 0.509. The van der Waals surface area contributed by atoms with E-state index in [9.17, 15) is 18.0 Å². The Labute approximate surface area is 94.5 Å². The van der Waals surface area contributed by atoms with Crippen LogP contribution >= 0.6 is 0 Å². The normalized spacial score (nSPS) is 13.1. The maximum Gasteiger partial charge on any atom is 0.320 e. The summed E-state index contributed by atoms with van der Waals surface area (Å²) in [5.74, 6) is -4.00. The molecule has 0 aromatic rings. The molecule has 0 heterocycles. The van der Waals surface area contributed by atoms with E-state index in [0.717, 1.165) is 7.11 Å².